The Kier molecular flexibility index (Phi) is 3.47. The Morgan fingerprint density at radius 2 is 2.07 bits per heavy atom. The summed E-state index contributed by atoms with van der Waals surface area (Å²) >= 11 is 0. The molecule has 1 aromatic heterocycles. The maximum absolute atomic E-state index is 3.59. The average molecular weight is 206 g/mol. The van der Waals surface area contributed by atoms with Crippen molar-refractivity contribution in [2.45, 2.75) is 38.5 Å². The maximum Gasteiger partial charge on any atom is 0.0181 e. The summed E-state index contributed by atoms with van der Waals surface area (Å²) < 4.78 is 0. The summed E-state index contributed by atoms with van der Waals surface area (Å²) in [5.74, 6) is 0. The molecule has 0 aromatic carbocycles. The Morgan fingerprint density at radius 1 is 1.27 bits per heavy atom. The predicted molar refractivity (Wildman–Crippen MR) is 64.3 cm³/mol. The van der Waals surface area contributed by atoms with Gasteiger partial charge >= 0.3 is 0 Å². The molecule has 2 nitrogen and oxygen atoms in total. The first-order valence-electron chi connectivity index (χ1n) is 6.10. The van der Waals surface area contributed by atoms with Gasteiger partial charge in [-0.3, -0.25) is 0 Å². The van der Waals surface area contributed by atoms with Gasteiger partial charge in [-0.1, -0.05) is 0 Å². The largest absolute Gasteiger partial charge is 0.362 e. The lowest BCUT2D eigenvalue weighted by molar-refractivity contribution is 0.399. The number of hydrogen-bond donors (Lipinski definition) is 1. The van der Waals surface area contributed by atoms with Crippen LogP contribution in [-0.2, 0) is 19.3 Å². The molecule has 15 heavy (non-hydrogen) atoms. The molecule has 0 spiro atoms. The molecule has 0 aliphatic heterocycles. The number of rotatable bonds is 4. The monoisotopic (exact) mass is 206 g/mol. The second kappa shape index (κ2) is 4.84. The Hall–Kier alpha value is -0.760. The standard InChI is InChI=1S/C13H22N2/c1-15(2)9-5-7-12-10-11-6-3-4-8-13(11)14-12/h10,14H,3-9H2,1-2H3. The number of aryl methyl sites for hydroxylation is 3. The van der Waals surface area contributed by atoms with Crippen molar-refractivity contribution in [3.05, 3.63) is 23.0 Å². The normalized spacial score (nSPS) is 15.7. The highest BCUT2D eigenvalue weighted by Crippen LogP contribution is 2.22. The van der Waals surface area contributed by atoms with Crippen molar-refractivity contribution in [1.82, 2.24) is 9.88 Å². The summed E-state index contributed by atoms with van der Waals surface area (Å²) in [6.45, 7) is 1.18. The molecule has 0 bridgehead atoms. The van der Waals surface area contributed by atoms with Gasteiger partial charge < -0.3 is 9.88 Å². The highest BCUT2D eigenvalue weighted by Gasteiger charge is 2.11. The zero-order valence-corrected chi connectivity index (χ0v) is 9.97. The number of H-pyrrole nitrogens is 1. The summed E-state index contributed by atoms with van der Waals surface area (Å²) in [7, 11) is 4.28. The number of aromatic nitrogens is 1. The molecule has 0 saturated heterocycles. The zero-order chi connectivity index (χ0) is 10.7. The van der Waals surface area contributed by atoms with E-state index in [2.05, 4.69) is 30.0 Å². The molecule has 0 unspecified atom stereocenters. The molecule has 0 fully saturated rings. The number of nitrogens with zero attached hydrogens (tertiary/aromatic N) is 1. The summed E-state index contributed by atoms with van der Waals surface area (Å²) in [4.78, 5) is 5.84. The fraction of sp³-hybridized carbons (Fsp3) is 0.692. The first-order chi connectivity index (χ1) is 7.25. The molecule has 2 heteroatoms. The molecule has 84 valence electrons. The van der Waals surface area contributed by atoms with Crippen LogP contribution in [0.4, 0.5) is 0 Å². The van der Waals surface area contributed by atoms with Crippen molar-refractivity contribution in [3.8, 4) is 0 Å². The van der Waals surface area contributed by atoms with Gasteiger partial charge in [0.2, 0.25) is 0 Å². The van der Waals surface area contributed by atoms with Crippen LogP contribution in [0.5, 0.6) is 0 Å². The van der Waals surface area contributed by atoms with Crippen molar-refractivity contribution < 1.29 is 0 Å². The van der Waals surface area contributed by atoms with Gasteiger partial charge in [0.05, 0.1) is 0 Å². The van der Waals surface area contributed by atoms with Crippen molar-refractivity contribution in [1.29, 1.82) is 0 Å². The number of nitrogens with one attached hydrogen (secondary N) is 1. The predicted octanol–water partition coefficient (Wildman–Crippen LogP) is 2.39. The maximum atomic E-state index is 3.59. The van der Waals surface area contributed by atoms with Crippen molar-refractivity contribution in [3.63, 3.8) is 0 Å². The first kappa shape index (κ1) is 10.7. The van der Waals surface area contributed by atoms with E-state index in [0.29, 0.717) is 0 Å². The van der Waals surface area contributed by atoms with Gasteiger partial charge in [-0.25, -0.2) is 0 Å². The lowest BCUT2D eigenvalue weighted by atomic mass is 9.98. The number of hydrogen-bond acceptors (Lipinski definition) is 1. The summed E-state index contributed by atoms with van der Waals surface area (Å²) in [6, 6.07) is 2.39. The van der Waals surface area contributed by atoms with Crippen molar-refractivity contribution in [2.24, 2.45) is 0 Å². The van der Waals surface area contributed by atoms with Crippen molar-refractivity contribution >= 4 is 0 Å². The van der Waals surface area contributed by atoms with E-state index in [1.54, 1.807) is 5.56 Å². The van der Waals surface area contributed by atoms with Crippen LogP contribution in [0.3, 0.4) is 0 Å². The van der Waals surface area contributed by atoms with E-state index >= 15 is 0 Å². The molecule has 1 heterocycles. The topological polar surface area (TPSA) is 19.0 Å². The van der Waals surface area contributed by atoms with Crippen LogP contribution in [-0.4, -0.2) is 30.5 Å². The molecule has 0 saturated carbocycles. The average Bonchev–Trinajstić information content (AvgIpc) is 2.59. The van der Waals surface area contributed by atoms with Gasteiger partial charge in [0.1, 0.15) is 0 Å². The third kappa shape index (κ3) is 2.85. The fourth-order valence-electron chi connectivity index (χ4n) is 2.39. The van der Waals surface area contributed by atoms with E-state index in [1.807, 2.05) is 0 Å². The molecule has 0 radical (unpaired) electrons. The summed E-state index contributed by atoms with van der Waals surface area (Å²) in [6.07, 6.45) is 7.76. The third-order valence-electron chi connectivity index (χ3n) is 3.22. The van der Waals surface area contributed by atoms with Gasteiger partial charge in [-0.15, -0.1) is 0 Å². The van der Waals surface area contributed by atoms with Crippen LogP contribution in [0.2, 0.25) is 0 Å². The molecular weight excluding hydrogens is 184 g/mol. The van der Waals surface area contributed by atoms with Crippen LogP contribution in [0, 0.1) is 0 Å². The Balaban J connectivity index is 1.89. The highest BCUT2D eigenvalue weighted by molar-refractivity contribution is 5.28. The number of fused-ring (bicyclic) bond motifs is 1. The third-order valence-corrected chi connectivity index (χ3v) is 3.22. The molecule has 1 N–H and O–H groups in total. The zero-order valence-electron chi connectivity index (χ0n) is 9.97. The Morgan fingerprint density at radius 3 is 2.80 bits per heavy atom. The summed E-state index contributed by atoms with van der Waals surface area (Å²) in [5.41, 5.74) is 4.55. The lowest BCUT2D eigenvalue weighted by Crippen LogP contribution is -2.13. The minimum absolute atomic E-state index is 1.18. The Labute approximate surface area is 92.7 Å². The van der Waals surface area contributed by atoms with Gasteiger partial charge in [-0.05, 0) is 70.8 Å². The second-order valence-electron chi connectivity index (χ2n) is 4.91. The van der Waals surface area contributed by atoms with Gasteiger partial charge in [0, 0.05) is 11.4 Å². The minimum atomic E-state index is 1.18. The van der Waals surface area contributed by atoms with E-state index in [0.717, 1.165) is 0 Å². The highest BCUT2D eigenvalue weighted by atomic mass is 15.0. The van der Waals surface area contributed by atoms with E-state index in [1.165, 1.54) is 56.5 Å². The van der Waals surface area contributed by atoms with Crippen LogP contribution in [0.25, 0.3) is 0 Å². The molecule has 2 rings (SSSR count). The minimum Gasteiger partial charge on any atom is -0.362 e. The van der Waals surface area contributed by atoms with Crippen LogP contribution in [0.1, 0.15) is 36.2 Å². The van der Waals surface area contributed by atoms with Gasteiger partial charge in [0.15, 0.2) is 0 Å². The molecular formula is C13H22N2. The molecule has 0 atom stereocenters. The second-order valence-corrected chi connectivity index (χ2v) is 4.91. The first-order valence-corrected chi connectivity index (χ1v) is 6.10. The fourth-order valence-corrected chi connectivity index (χ4v) is 2.39. The molecule has 0 amide bonds. The van der Waals surface area contributed by atoms with Crippen LogP contribution >= 0.6 is 0 Å². The van der Waals surface area contributed by atoms with Crippen LogP contribution < -0.4 is 0 Å². The smallest absolute Gasteiger partial charge is 0.0181 e. The molecule has 1 aromatic rings. The number of aromatic amines is 1. The quantitative estimate of drug-likeness (QED) is 0.801. The van der Waals surface area contributed by atoms with E-state index < -0.39 is 0 Å². The van der Waals surface area contributed by atoms with Gasteiger partial charge in [-0.2, -0.15) is 0 Å². The SMILES string of the molecule is CN(C)CCCc1cc2c([nH]1)CCCC2. The van der Waals surface area contributed by atoms with Crippen molar-refractivity contribution in [2.75, 3.05) is 20.6 Å². The van der Waals surface area contributed by atoms with Gasteiger partial charge in [0.25, 0.3) is 0 Å². The molecule has 1 aliphatic rings. The lowest BCUT2D eigenvalue weighted by Gasteiger charge is -2.09. The molecule has 1 aliphatic carbocycles. The van der Waals surface area contributed by atoms with E-state index in [9.17, 15) is 0 Å². The van der Waals surface area contributed by atoms with E-state index in [-0.39, 0.29) is 0 Å². The summed E-state index contributed by atoms with van der Waals surface area (Å²) in [5, 5.41) is 0. The Bertz CT molecular complexity index is 289. The van der Waals surface area contributed by atoms with E-state index in [4.69, 9.17) is 0 Å². The van der Waals surface area contributed by atoms with Crippen LogP contribution in [0.15, 0.2) is 6.07 Å².